The molecule has 0 radical (unpaired) electrons. The monoisotopic (exact) mass is 299 g/mol. The smallest absolute Gasteiger partial charge is 0.226 e. The Labute approximate surface area is 129 Å². The van der Waals surface area contributed by atoms with Crippen LogP contribution >= 0.6 is 0 Å². The zero-order valence-corrected chi connectivity index (χ0v) is 12.9. The van der Waals surface area contributed by atoms with E-state index in [2.05, 4.69) is 21.0 Å². The highest BCUT2D eigenvalue weighted by Crippen LogP contribution is 2.36. The summed E-state index contributed by atoms with van der Waals surface area (Å²) in [7, 11) is 0. The van der Waals surface area contributed by atoms with Gasteiger partial charge >= 0.3 is 0 Å². The van der Waals surface area contributed by atoms with Crippen LogP contribution in [-0.2, 0) is 19.6 Å². The average molecular weight is 299 g/mol. The van der Waals surface area contributed by atoms with E-state index in [1.807, 2.05) is 17.8 Å². The molecule has 0 unspecified atom stereocenters. The van der Waals surface area contributed by atoms with Gasteiger partial charge in [0, 0.05) is 29.4 Å². The molecular weight excluding hydrogens is 278 g/mol. The van der Waals surface area contributed by atoms with Gasteiger partial charge in [0.1, 0.15) is 0 Å². The van der Waals surface area contributed by atoms with Gasteiger partial charge in [0.15, 0.2) is 0 Å². The number of nitrogens with zero attached hydrogens (tertiary/aromatic N) is 5. The van der Waals surface area contributed by atoms with Gasteiger partial charge in [0.2, 0.25) is 5.95 Å². The molecule has 4 rings (SSSR count). The molecule has 0 atom stereocenters. The number of aliphatic hydroxyl groups is 1. The summed E-state index contributed by atoms with van der Waals surface area (Å²) in [4.78, 5) is 11.6. The fraction of sp³-hybridized carbons (Fsp3) is 0.562. The number of aromatic nitrogens is 4. The van der Waals surface area contributed by atoms with Crippen LogP contribution in [0.4, 0.5) is 5.95 Å². The Morgan fingerprint density at radius 1 is 1.27 bits per heavy atom. The molecule has 0 bridgehead atoms. The molecule has 1 aliphatic heterocycles. The highest BCUT2D eigenvalue weighted by atomic mass is 16.3. The molecule has 22 heavy (non-hydrogen) atoms. The third-order valence-corrected chi connectivity index (χ3v) is 4.72. The standard InChI is InChI=1S/C16H21N5O/c1-11-7-14(12-3-2-4-12)19-16(18-11)20-9-13-8-17-21(5-6-22)15(13)10-20/h7-8,12,22H,2-6,9-10H2,1H3. The molecule has 1 saturated carbocycles. The second-order valence-corrected chi connectivity index (χ2v) is 6.28. The first-order valence-electron chi connectivity index (χ1n) is 7.99. The minimum absolute atomic E-state index is 0.112. The van der Waals surface area contributed by atoms with Gasteiger partial charge in [-0.05, 0) is 25.8 Å². The summed E-state index contributed by atoms with van der Waals surface area (Å²) in [6.07, 6.45) is 5.71. The van der Waals surface area contributed by atoms with E-state index in [-0.39, 0.29) is 6.61 Å². The first-order chi connectivity index (χ1) is 10.7. The molecule has 0 aromatic carbocycles. The van der Waals surface area contributed by atoms with Crippen molar-refractivity contribution in [3.8, 4) is 0 Å². The van der Waals surface area contributed by atoms with Crippen LogP contribution in [0.15, 0.2) is 12.3 Å². The van der Waals surface area contributed by atoms with Gasteiger partial charge in [-0.2, -0.15) is 5.10 Å². The van der Waals surface area contributed by atoms with Gasteiger partial charge in [-0.15, -0.1) is 0 Å². The lowest BCUT2D eigenvalue weighted by Crippen LogP contribution is -2.22. The molecule has 1 aliphatic carbocycles. The van der Waals surface area contributed by atoms with E-state index < -0.39 is 0 Å². The maximum absolute atomic E-state index is 9.12. The molecule has 2 aliphatic rings. The molecular formula is C16H21N5O. The quantitative estimate of drug-likeness (QED) is 0.932. The summed E-state index contributed by atoms with van der Waals surface area (Å²) in [5, 5.41) is 13.5. The maximum Gasteiger partial charge on any atom is 0.226 e. The predicted octanol–water partition coefficient (Wildman–Crippen LogP) is 1.76. The number of aryl methyl sites for hydroxylation is 1. The Balaban J connectivity index is 1.59. The molecule has 2 aromatic rings. The largest absolute Gasteiger partial charge is 0.394 e. The van der Waals surface area contributed by atoms with Crippen molar-refractivity contribution >= 4 is 5.95 Å². The number of fused-ring (bicyclic) bond motifs is 1. The first kappa shape index (κ1) is 13.7. The van der Waals surface area contributed by atoms with Crippen molar-refractivity contribution in [3.63, 3.8) is 0 Å². The topological polar surface area (TPSA) is 67.1 Å². The number of rotatable bonds is 4. The zero-order chi connectivity index (χ0) is 15.1. The molecule has 1 N–H and O–H groups in total. The lowest BCUT2D eigenvalue weighted by molar-refractivity contribution is 0.267. The minimum Gasteiger partial charge on any atom is -0.394 e. The molecule has 6 heteroatoms. The molecule has 0 spiro atoms. The second kappa shape index (κ2) is 5.35. The first-order valence-corrected chi connectivity index (χ1v) is 7.99. The minimum atomic E-state index is 0.112. The van der Waals surface area contributed by atoms with Crippen LogP contribution in [-0.4, -0.2) is 31.5 Å². The highest BCUT2D eigenvalue weighted by Gasteiger charge is 2.27. The van der Waals surface area contributed by atoms with Crippen LogP contribution in [0.2, 0.25) is 0 Å². The van der Waals surface area contributed by atoms with Crippen LogP contribution < -0.4 is 4.90 Å². The normalized spacial score (nSPS) is 17.6. The van der Waals surface area contributed by atoms with Crippen molar-refractivity contribution in [1.82, 2.24) is 19.7 Å². The van der Waals surface area contributed by atoms with Gasteiger partial charge in [-0.25, -0.2) is 9.97 Å². The molecule has 116 valence electrons. The molecule has 0 amide bonds. The van der Waals surface area contributed by atoms with Crippen molar-refractivity contribution in [1.29, 1.82) is 0 Å². The number of aliphatic hydroxyl groups excluding tert-OH is 1. The van der Waals surface area contributed by atoms with E-state index in [0.29, 0.717) is 12.5 Å². The zero-order valence-electron chi connectivity index (χ0n) is 12.9. The summed E-state index contributed by atoms with van der Waals surface area (Å²) in [5.41, 5.74) is 4.62. The number of hydrogen-bond acceptors (Lipinski definition) is 5. The van der Waals surface area contributed by atoms with Crippen LogP contribution in [0.3, 0.4) is 0 Å². The van der Waals surface area contributed by atoms with E-state index in [1.165, 1.54) is 36.2 Å². The molecule has 1 fully saturated rings. The van der Waals surface area contributed by atoms with E-state index in [1.54, 1.807) is 0 Å². The van der Waals surface area contributed by atoms with Crippen molar-refractivity contribution in [2.75, 3.05) is 11.5 Å². The summed E-state index contributed by atoms with van der Waals surface area (Å²) >= 11 is 0. The van der Waals surface area contributed by atoms with Gasteiger partial charge < -0.3 is 10.0 Å². The summed E-state index contributed by atoms with van der Waals surface area (Å²) in [6, 6.07) is 2.13. The van der Waals surface area contributed by atoms with Crippen molar-refractivity contribution < 1.29 is 5.11 Å². The van der Waals surface area contributed by atoms with Gasteiger partial charge in [-0.1, -0.05) is 6.42 Å². The van der Waals surface area contributed by atoms with E-state index in [4.69, 9.17) is 10.1 Å². The van der Waals surface area contributed by atoms with Gasteiger partial charge in [0.05, 0.1) is 31.6 Å². The van der Waals surface area contributed by atoms with Crippen LogP contribution in [0.5, 0.6) is 0 Å². The van der Waals surface area contributed by atoms with Crippen molar-refractivity contribution in [2.24, 2.45) is 0 Å². The maximum atomic E-state index is 9.12. The molecule has 6 nitrogen and oxygen atoms in total. The van der Waals surface area contributed by atoms with Gasteiger partial charge in [0.25, 0.3) is 0 Å². The van der Waals surface area contributed by atoms with Gasteiger partial charge in [-0.3, -0.25) is 4.68 Å². The summed E-state index contributed by atoms with van der Waals surface area (Å²) in [6.45, 7) is 4.27. The Bertz CT molecular complexity index is 692. The highest BCUT2D eigenvalue weighted by molar-refractivity contribution is 5.41. The summed E-state index contributed by atoms with van der Waals surface area (Å²) in [5.74, 6) is 1.45. The van der Waals surface area contributed by atoms with E-state index in [0.717, 1.165) is 24.7 Å². The number of anilines is 1. The second-order valence-electron chi connectivity index (χ2n) is 6.28. The molecule has 3 heterocycles. The van der Waals surface area contributed by atoms with Crippen LogP contribution in [0.25, 0.3) is 0 Å². The number of hydrogen-bond donors (Lipinski definition) is 1. The summed E-state index contributed by atoms with van der Waals surface area (Å²) < 4.78 is 1.89. The lowest BCUT2D eigenvalue weighted by Gasteiger charge is -2.26. The Hall–Kier alpha value is -1.95. The fourth-order valence-corrected chi connectivity index (χ4v) is 3.27. The Morgan fingerprint density at radius 2 is 2.14 bits per heavy atom. The lowest BCUT2D eigenvalue weighted by atomic mass is 9.83. The third kappa shape index (κ3) is 2.27. The Morgan fingerprint density at radius 3 is 2.86 bits per heavy atom. The van der Waals surface area contributed by atoms with Crippen molar-refractivity contribution in [3.05, 3.63) is 34.9 Å². The average Bonchev–Trinajstić information content (AvgIpc) is 2.98. The van der Waals surface area contributed by atoms with E-state index >= 15 is 0 Å². The SMILES string of the molecule is Cc1cc(C2CCC2)nc(N2Cc3cnn(CCO)c3C2)n1. The van der Waals surface area contributed by atoms with E-state index in [9.17, 15) is 0 Å². The molecule has 2 aromatic heterocycles. The van der Waals surface area contributed by atoms with Crippen molar-refractivity contribution in [2.45, 2.75) is 51.7 Å². The third-order valence-electron chi connectivity index (χ3n) is 4.72. The fourth-order valence-electron chi connectivity index (χ4n) is 3.27. The molecule has 0 saturated heterocycles. The predicted molar refractivity (Wildman–Crippen MR) is 82.6 cm³/mol. The van der Waals surface area contributed by atoms with Crippen LogP contribution in [0, 0.1) is 6.92 Å². The van der Waals surface area contributed by atoms with Crippen LogP contribution in [0.1, 0.15) is 47.8 Å². The Kier molecular flexibility index (Phi) is 3.33.